The van der Waals surface area contributed by atoms with Crippen molar-refractivity contribution in [2.75, 3.05) is 6.61 Å². The van der Waals surface area contributed by atoms with E-state index in [1.165, 1.54) is 0 Å². The Bertz CT molecular complexity index is 1010. The Labute approximate surface area is 157 Å². The average molecular weight is 365 g/mol. The molecule has 6 nitrogen and oxygen atoms in total. The number of pyridine rings is 2. The van der Waals surface area contributed by atoms with Gasteiger partial charge in [-0.15, -0.1) is 0 Å². The molecule has 3 aromatic rings. The second-order valence-corrected chi connectivity index (χ2v) is 6.69. The monoisotopic (exact) mass is 365 g/mol. The summed E-state index contributed by atoms with van der Waals surface area (Å²) in [6, 6.07) is 11.0. The van der Waals surface area contributed by atoms with Gasteiger partial charge in [-0.25, -0.2) is 0 Å². The molecule has 0 saturated heterocycles. The van der Waals surface area contributed by atoms with Crippen molar-refractivity contribution in [1.82, 2.24) is 15.3 Å². The number of carbonyl (C=O) groups is 1. The van der Waals surface area contributed by atoms with Crippen molar-refractivity contribution in [2.45, 2.75) is 32.7 Å². The van der Waals surface area contributed by atoms with Crippen LogP contribution < -0.4 is 10.9 Å². The first-order valence-electron chi connectivity index (χ1n) is 8.90. The quantitative estimate of drug-likeness (QED) is 0.621. The highest BCUT2D eigenvalue weighted by Crippen LogP contribution is 2.20. The number of H-pyrrole nitrogens is 1. The highest BCUT2D eigenvalue weighted by atomic mass is 16.3. The van der Waals surface area contributed by atoms with E-state index in [0.29, 0.717) is 17.5 Å². The highest BCUT2D eigenvalue weighted by molar-refractivity contribution is 5.87. The number of aliphatic hydroxyl groups is 1. The first kappa shape index (κ1) is 18.8. The molecule has 2 heterocycles. The molecule has 0 spiro atoms. The third-order valence-corrected chi connectivity index (χ3v) is 4.74. The van der Waals surface area contributed by atoms with Crippen LogP contribution in [0.2, 0.25) is 0 Å². The second-order valence-electron chi connectivity index (χ2n) is 6.69. The molecule has 0 radical (unpaired) electrons. The molecule has 140 valence electrons. The number of carbonyl (C=O) groups excluding carboxylic acids is 1. The van der Waals surface area contributed by atoms with Gasteiger partial charge >= 0.3 is 0 Å². The summed E-state index contributed by atoms with van der Waals surface area (Å²) in [7, 11) is 0. The van der Waals surface area contributed by atoms with E-state index in [9.17, 15) is 14.7 Å². The van der Waals surface area contributed by atoms with E-state index in [4.69, 9.17) is 0 Å². The lowest BCUT2D eigenvalue weighted by Gasteiger charge is -2.17. The SMILES string of the molecule is Cc1nccc2[nH]c(=O)c(CC(=O)N[C@H](CO)Cc3ccccc3)c(C)c12. The van der Waals surface area contributed by atoms with Gasteiger partial charge in [0, 0.05) is 22.8 Å². The Kier molecular flexibility index (Phi) is 5.66. The number of fused-ring (bicyclic) bond motifs is 1. The predicted octanol–water partition coefficient (Wildman–Crippen LogP) is 1.80. The van der Waals surface area contributed by atoms with Gasteiger partial charge < -0.3 is 15.4 Å². The van der Waals surface area contributed by atoms with Crippen LogP contribution in [-0.2, 0) is 17.6 Å². The summed E-state index contributed by atoms with van der Waals surface area (Å²) in [5.41, 5.74) is 3.46. The molecular formula is C21H23N3O3. The Morgan fingerprint density at radius 2 is 1.96 bits per heavy atom. The summed E-state index contributed by atoms with van der Waals surface area (Å²) in [4.78, 5) is 32.0. The maximum absolute atomic E-state index is 12.5. The van der Waals surface area contributed by atoms with Crippen LogP contribution in [0.15, 0.2) is 47.4 Å². The van der Waals surface area contributed by atoms with Gasteiger partial charge in [0.2, 0.25) is 5.91 Å². The minimum absolute atomic E-state index is 0.0449. The van der Waals surface area contributed by atoms with E-state index < -0.39 is 6.04 Å². The minimum atomic E-state index is -0.400. The zero-order valence-electron chi connectivity index (χ0n) is 15.5. The van der Waals surface area contributed by atoms with E-state index in [1.807, 2.05) is 44.2 Å². The number of nitrogens with one attached hydrogen (secondary N) is 2. The van der Waals surface area contributed by atoms with E-state index in [2.05, 4.69) is 15.3 Å². The van der Waals surface area contributed by atoms with Crippen LogP contribution in [0, 0.1) is 13.8 Å². The number of benzene rings is 1. The molecule has 0 aliphatic heterocycles. The lowest BCUT2D eigenvalue weighted by atomic mass is 10.0. The molecule has 3 N–H and O–H groups in total. The number of aliphatic hydroxyl groups excluding tert-OH is 1. The number of aromatic nitrogens is 2. The third kappa shape index (κ3) is 4.23. The number of aromatic amines is 1. The molecule has 3 rings (SSSR count). The summed E-state index contributed by atoms with van der Waals surface area (Å²) >= 11 is 0. The van der Waals surface area contributed by atoms with Gasteiger partial charge in [0.1, 0.15) is 0 Å². The van der Waals surface area contributed by atoms with Crippen LogP contribution in [0.1, 0.15) is 22.4 Å². The van der Waals surface area contributed by atoms with Crippen molar-refractivity contribution in [3.8, 4) is 0 Å². The summed E-state index contributed by atoms with van der Waals surface area (Å²) < 4.78 is 0. The minimum Gasteiger partial charge on any atom is -0.394 e. The molecule has 27 heavy (non-hydrogen) atoms. The molecule has 0 fully saturated rings. The zero-order valence-corrected chi connectivity index (χ0v) is 15.5. The summed E-state index contributed by atoms with van der Waals surface area (Å²) in [5, 5.41) is 13.3. The van der Waals surface area contributed by atoms with E-state index in [0.717, 1.165) is 22.2 Å². The van der Waals surface area contributed by atoms with Gasteiger partial charge in [0.15, 0.2) is 0 Å². The Balaban J connectivity index is 1.79. The van der Waals surface area contributed by atoms with E-state index in [1.54, 1.807) is 12.3 Å². The van der Waals surface area contributed by atoms with Crippen molar-refractivity contribution in [1.29, 1.82) is 0 Å². The molecule has 2 aromatic heterocycles. The smallest absolute Gasteiger partial charge is 0.252 e. The predicted molar refractivity (Wildman–Crippen MR) is 105 cm³/mol. The largest absolute Gasteiger partial charge is 0.394 e. The number of hydrogen-bond donors (Lipinski definition) is 3. The standard InChI is InChI=1S/C21H23N3O3/c1-13-17(21(27)24-18-8-9-22-14(2)20(13)18)11-19(26)23-16(12-25)10-15-6-4-3-5-7-15/h3-9,16,25H,10-12H2,1-2H3,(H,23,26)(H,24,27)/t16-/m0/s1. The lowest BCUT2D eigenvalue weighted by molar-refractivity contribution is -0.121. The number of hydrogen-bond acceptors (Lipinski definition) is 4. The van der Waals surface area contributed by atoms with Crippen LogP contribution in [-0.4, -0.2) is 33.6 Å². The highest BCUT2D eigenvalue weighted by Gasteiger charge is 2.17. The summed E-state index contributed by atoms with van der Waals surface area (Å²) in [5.74, 6) is -0.292. The number of amides is 1. The fraction of sp³-hybridized carbons (Fsp3) is 0.286. The number of nitrogens with zero attached hydrogens (tertiary/aromatic N) is 1. The van der Waals surface area contributed by atoms with Gasteiger partial charge in [-0.1, -0.05) is 30.3 Å². The molecular weight excluding hydrogens is 342 g/mol. The molecule has 0 aliphatic carbocycles. The molecule has 1 aromatic carbocycles. The van der Waals surface area contributed by atoms with Crippen molar-refractivity contribution >= 4 is 16.8 Å². The Hall–Kier alpha value is -2.99. The molecule has 6 heteroatoms. The molecule has 0 bridgehead atoms. The fourth-order valence-electron chi connectivity index (χ4n) is 3.37. The van der Waals surface area contributed by atoms with E-state index >= 15 is 0 Å². The molecule has 1 atom stereocenters. The van der Waals surface area contributed by atoms with Crippen LogP contribution in [0.4, 0.5) is 0 Å². The Morgan fingerprint density at radius 3 is 2.67 bits per heavy atom. The summed E-state index contributed by atoms with van der Waals surface area (Å²) in [6.07, 6.45) is 2.13. The van der Waals surface area contributed by atoms with Crippen LogP contribution >= 0.6 is 0 Å². The maximum atomic E-state index is 12.5. The molecule has 0 unspecified atom stereocenters. The molecule has 0 aliphatic rings. The molecule has 1 amide bonds. The molecule has 0 saturated carbocycles. The van der Waals surface area contributed by atoms with Crippen molar-refractivity contribution in [2.24, 2.45) is 0 Å². The third-order valence-electron chi connectivity index (χ3n) is 4.74. The zero-order chi connectivity index (χ0) is 19.4. The van der Waals surface area contributed by atoms with Crippen molar-refractivity contribution in [3.05, 3.63) is 75.3 Å². The van der Waals surface area contributed by atoms with Gasteiger partial charge in [-0.05, 0) is 37.5 Å². The number of rotatable bonds is 6. The van der Waals surface area contributed by atoms with Gasteiger partial charge in [0.05, 0.1) is 24.6 Å². The van der Waals surface area contributed by atoms with E-state index in [-0.39, 0.29) is 24.5 Å². The number of aryl methyl sites for hydroxylation is 2. The second kappa shape index (κ2) is 8.14. The van der Waals surface area contributed by atoms with Crippen LogP contribution in [0.5, 0.6) is 0 Å². The van der Waals surface area contributed by atoms with Crippen molar-refractivity contribution < 1.29 is 9.90 Å². The Morgan fingerprint density at radius 1 is 1.22 bits per heavy atom. The topological polar surface area (TPSA) is 95.1 Å². The van der Waals surface area contributed by atoms with Gasteiger partial charge in [0.25, 0.3) is 5.56 Å². The van der Waals surface area contributed by atoms with Crippen LogP contribution in [0.3, 0.4) is 0 Å². The summed E-state index contributed by atoms with van der Waals surface area (Å²) in [6.45, 7) is 3.54. The van der Waals surface area contributed by atoms with Gasteiger partial charge in [-0.3, -0.25) is 14.6 Å². The normalized spacial score (nSPS) is 12.1. The van der Waals surface area contributed by atoms with Crippen molar-refractivity contribution in [3.63, 3.8) is 0 Å². The lowest BCUT2D eigenvalue weighted by Crippen LogP contribution is -2.40. The first-order chi connectivity index (χ1) is 13.0. The first-order valence-corrected chi connectivity index (χ1v) is 8.90. The maximum Gasteiger partial charge on any atom is 0.252 e. The fourth-order valence-corrected chi connectivity index (χ4v) is 3.37. The van der Waals surface area contributed by atoms with Gasteiger partial charge in [-0.2, -0.15) is 0 Å². The average Bonchev–Trinajstić information content (AvgIpc) is 2.65. The van der Waals surface area contributed by atoms with Crippen LogP contribution in [0.25, 0.3) is 10.9 Å².